The number of anilines is 1. The number of benzene rings is 2. The standard InChI is InChI=1S/C20H22N2O3/c1-20(2,3)13-21-18(24)19(25)22-16-11-7-10-15(12-16)17(23)14-8-5-4-6-9-14/h4-12H,13H2,1-3H3,(H,21,24)(H,22,25). The van der Waals surface area contributed by atoms with Gasteiger partial charge in [0.05, 0.1) is 0 Å². The minimum Gasteiger partial charge on any atom is -0.347 e. The third-order valence-corrected chi connectivity index (χ3v) is 3.40. The molecule has 0 fully saturated rings. The Morgan fingerprint density at radius 1 is 0.840 bits per heavy atom. The van der Waals surface area contributed by atoms with Crippen LogP contribution in [0.15, 0.2) is 54.6 Å². The number of hydrogen-bond donors (Lipinski definition) is 2. The molecule has 0 aromatic heterocycles. The minimum absolute atomic E-state index is 0.113. The zero-order valence-electron chi connectivity index (χ0n) is 14.6. The molecule has 25 heavy (non-hydrogen) atoms. The van der Waals surface area contributed by atoms with Crippen LogP contribution in [0.25, 0.3) is 0 Å². The lowest BCUT2D eigenvalue weighted by atomic mass is 9.97. The zero-order valence-corrected chi connectivity index (χ0v) is 14.6. The lowest BCUT2D eigenvalue weighted by molar-refractivity contribution is -0.136. The summed E-state index contributed by atoms with van der Waals surface area (Å²) in [5, 5.41) is 5.11. The number of nitrogens with one attached hydrogen (secondary N) is 2. The van der Waals surface area contributed by atoms with Crippen LogP contribution in [-0.2, 0) is 9.59 Å². The van der Waals surface area contributed by atoms with Gasteiger partial charge in [0, 0.05) is 23.4 Å². The Morgan fingerprint density at radius 2 is 1.48 bits per heavy atom. The highest BCUT2D eigenvalue weighted by molar-refractivity contribution is 6.39. The van der Waals surface area contributed by atoms with Crippen molar-refractivity contribution in [3.8, 4) is 0 Å². The Kier molecular flexibility index (Phi) is 5.70. The summed E-state index contributed by atoms with van der Waals surface area (Å²) in [6.07, 6.45) is 0. The van der Waals surface area contributed by atoms with Gasteiger partial charge in [-0.3, -0.25) is 14.4 Å². The number of ketones is 1. The lowest BCUT2D eigenvalue weighted by Gasteiger charge is -2.18. The molecular formula is C20H22N2O3. The van der Waals surface area contributed by atoms with Crippen molar-refractivity contribution in [3.63, 3.8) is 0 Å². The molecule has 2 aromatic carbocycles. The van der Waals surface area contributed by atoms with Crippen LogP contribution in [0.1, 0.15) is 36.7 Å². The van der Waals surface area contributed by atoms with Crippen LogP contribution in [0.2, 0.25) is 0 Å². The third-order valence-electron chi connectivity index (χ3n) is 3.40. The molecule has 0 aliphatic rings. The lowest BCUT2D eigenvalue weighted by Crippen LogP contribution is -2.39. The predicted molar refractivity (Wildman–Crippen MR) is 97.4 cm³/mol. The number of amides is 2. The minimum atomic E-state index is -0.756. The van der Waals surface area contributed by atoms with Gasteiger partial charge in [0.2, 0.25) is 0 Å². The van der Waals surface area contributed by atoms with Crippen LogP contribution in [0, 0.1) is 5.41 Å². The Labute approximate surface area is 147 Å². The molecule has 0 aliphatic carbocycles. The van der Waals surface area contributed by atoms with E-state index in [2.05, 4.69) is 10.6 Å². The van der Waals surface area contributed by atoms with Crippen molar-refractivity contribution in [3.05, 3.63) is 65.7 Å². The van der Waals surface area contributed by atoms with E-state index in [0.29, 0.717) is 23.4 Å². The molecule has 5 nitrogen and oxygen atoms in total. The average Bonchev–Trinajstić information content (AvgIpc) is 2.59. The molecule has 2 amide bonds. The van der Waals surface area contributed by atoms with Crippen molar-refractivity contribution in [1.82, 2.24) is 5.32 Å². The van der Waals surface area contributed by atoms with Gasteiger partial charge < -0.3 is 10.6 Å². The SMILES string of the molecule is CC(C)(C)CNC(=O)C(=O)Nc1cccc(C(=O)c2ccccc2)c1. The second-order valence-corrected chi connectivity index (χ2v) is 6.97. The van der Waals surface area contributed by atoms with Crippen LogP contribution in [0.4, 0.5) is 5.69 Å². The van der Waals surface area contributed by atoms with Crippen LogP contribution in [-0.4, -0.2) is 24.1 Å². The quantitative estimate of drug-likeness (QED) is 0.665. The molecule has 2 N–H and O–H groups in total. The molecule has 0 radical (unpaired) electrons. The van der Waals surface area contributed by atoms with Gasteiger partial charge in [-0.1, -0.05) is 63.2 Å². The maximum absolute atomic E-state index is 12.4. The average molecular weight is 338 g/mol. The Balaban J connectivity index is 2.05. The van der Waals surface area contributed by atoms with Gasteiger partial charge in [-0.05, 0) is 17.5 Å². The first-order valence-electron chi connectivity index (χ1n) is 8.05. The first-order chi connectivity index (χ1) is 11.8. The molecule has 130 valence electrons. The molecule has 0 saturated heterocycles. The molecular weight excluding hydrogens is 316 g/mol. The van der Waals surface area contributed by atoms with Gasteiger partial charge in [-0.25, -0.2) is 0 Å². The number of hydrogen-bond acceptors (Lipinski definition) is 3. The first-order valence-corrected chi connectivity index (χ1v) is 8.05. The highest BCUT2D eigenvalue weighted by Gasteiger charge is 2.18. The van der Waals surface area contributed by atoms with Gasteiger partial charge in [0.25, 0.3) is 0 Å². The summed E-state index contributed by atoms with van der Waals surface area (Å²) in [4.78, 5) is 36.3. The smallest absolute Gasteiger partial charge is 0.313 e. The van der Waals surface area contributed by atoms with Crippen molar-refractivity contribution < 1.29 is 14.4 Å². The van der Waals surface area contributed by atoms with E-state index in [0.717, 1.165) is 0 Å². The van der Waals surface area contributed by atoms with Crippen LogP contribution in [0.5, 0.6) is 0 Å². The third kappa shape index (κ3) is 5.57. The molecule has 0 heterocycles. The van der Waals surface area contributed by atoms with Crippen LogP contribution in [0.3, 0.4) is 0 Å². The molecule has 0 spiro atoms. The van der Waals surface area contributed by atoms with Crippen LogP contribution < -0.4 is 10.6 Å². The Morgan fingerprint density at radius 3 is 2.12 bits per heavy atom. The van der Waals surface area contributed by atoms with E-state index in [4.69, 9.17) is 0 Å². The first kappa shape index (κ1) is 18.4. The second kappa shape index (κ2) is 7.75. The molecule has 2 aromatic rings. The van der Waals surface area contributed by atoms with Gasteiger partial charge in [0.15, 0.2) is 5.78 Å². The topological polar surface area (TPSA) is 75.3 Å². The molecule has 5 heteroatoms. The van der Waals surface area contributed by atoms with Crippen molar-refractivity contribution >= 4 is 23.3 Å². The maximum Gasteiger partial charge on any atom is 0.313 e. The van der Waals surface area contributed by atoms with E-state index < -0.39 is 11.8 Å². The monoisotopic (exact) mass is 338 g/mol. The second-order valence-electron chi connectivity index (χ2n) is 6.97. The Bertz CT molecular complexity index is 777. The van der Waals surface area contributed by atoms with Gasteiger partial charge in [-0.2, -0.15) is 0 Å². The summed E-state index contributed by atoms with van der Waals surface area (Å²) in [5.74, 6) is -1.60. The number of rotatable bonds is 4. The molecule has 0 aliphatic heterocycles. The molecule has 0 unspecified atom stereocenters. The highest BCUT2D eigenvalue weighted by atomic mass is 16.2. The summed E-state index contributed by atoms with van der Waals surface area (Å²) in [6, 6.07) is 15.4. The van der Waals surface area contributed by atoms with Gasteiger partial charge >= 0.3 is 11.8 Å². The Hall–Kier alpha value is -2.95. The zero-order chi connectivity index (χ0) is 18.4. The van der Waals surface area contributed by atoms with Crippen molar-refractivity contribution in [2.24, 2.45) is 5.41 Å². The molecule has 0 atom stereocenters. The highest BCUT2D eigenvalue weighted by Crippen LogP contribution is 2.15. The fraction of sp³-hybridized carbons (Fsp3) is 0.250. The van der Waals surface area contributed by atoms with E-state index in [-0.39, 0.29) is 11.2 Å². The summed E-state index contributed by atoms with van der Waals surface area (Å²) < 4.78 is 0. The predicted octanol–water partition coefficient (Wildman–Crippen LogP) is 3.02. The number of carbonyl (C=O) groups is 3. The summed E-state index contributed by atoms with van der Waals surface area (Å²) in [5.41, 5.74) is 1.29. The van der Waals surface area contributed by atoms with Crippen LogP contribution >= 0.6 is 0 Å². The fourth-order valence-corrected chi connectivity index (χ4v) is 2.11. The van der Waals surface area contributed by atoms with Gasteiger partial charge in [-0.15, -0.1) is 0 Å². The molecule has 2 rings (SSSR count). The van der Waals surface area contributed by atoms with Gasteiger partial charge in [0.1, 0.15) is 0 Å². The van der Waals surface area contributed by atoms with E-state index in [9.17, 15) is 14.4 Å². The molecule has 0 saturated carbocycles. The summed E-state index contributed by atoms with van der Waals surface area (Å²) in [6.45, 7) is 6.28. The van der Waals surface area contributed by atoms with E-state index in [1.54, 1.807) is 48.5 Å². The van der Waals surface area contributed by atoms with E-state index in [1.165, 1.54) is 0 Å². The normalized spacial score (nSPS) is 10.8. The maximum atomic E-state index is 12.4. The number of carbonyl (C=O) groups excluding carboxylic acids is 3. The molecule has 0 bridgehead atoms. The summed E-state index contributed by atoms with van der Waals surface area (Å²) >= 11 is 0. The van der Waals surface area contributed by atoms with Crippen molar-refractivity contribution in [2.45, 2.75) is 20.8 Å². The van der Waals surface area contributed by atoms with E-state index in [1.807, 2.05) is 26.8 Å². The van der Waals surface area contributed by atoms with Crippen molar-refractivity contribution in [1.29, 1.82) is 0 Å². The van der Waals surface area contributed by atoms with E-state index >= 15 is 0 Å². The van der Waals surface area contributed by atoms with Crippen molar-refractivity contribution in [2.75, 3.05) is 11.9 Å². The fourth-order valence-electron chi connectivity index (χ4n) is 2.11. The summed E-state index contributed by atoms with van der Waals surface area (Å²) in [7, 11) is 0. The largest absolute Gasteiger partial charge is 0.347 e.